The molecule has 2 heterocycles. The molecule has 0 amide bonds. The molecular weight excluding hydrogens is 192 g/mol. The van der Waals surface area contributed by atoms with Crippen molar-refractivity contribution in [1.82, 2.24) is 10.2 Å². The summed E-state index contributed by atoms with van der Waals surface area (Å²) in [5, 5.41) is 7.75. The molecule has 1 aliphatic rings. The van der Waals surface area contributed by atoms with Crippen LogP contribution in [0.3, 0.4) is 0 Å². The Kier molecular flexibility index (Phi) is 3.01. The highest BCUT2D eigenvalue weighted by molar-refractivity contribution is 5.46. The summed E-state index contributed by atoms with van der Waals surface area (Å²) in [7, 11) is 1.60. The molecule has 1 aromatic heterocycles. The smallest absolute Gasteiger partial charge is 0.235 e. The van der Waals surface area contributed by atoms with Crippen molar-refractivity contribution in [3.05, 3.63) is 12.3 Å². The van der Waals surface area contributed by atoms with Crippen LogP contribution in [0.25, 0.3) is 0 Å². The Morgan fingerprint density at radius 3 is 2.87 bits per heavy atom. The Bertz CT molecular complexity index is 323. The van der Waals surface area contributed by atoms with Gasteiger partial charge in [-0.1, -0.05) is 0 Å². The van der Waals surface area contributed by atoms with Gasteiger partial charge < -0.3 is 15.4 Å². The van der Waals surface area contributed by atoms with Crippen molar-refractivity contribution in [2.24, 2.45) is 5.73 Å². The van der Waals surface area contributed by atoms with Crippen LogP contribution in [0.5, 0.6) is 5.88 Å². The van der Waals surface area contributed by atoms with E-state index in [0.29, 0.717) is 11.9 Å². The van der Waals surface area contributed by atoms with Gasteiger partial charge in [0.05, 0.1) is 19.0 Å². The maximum absolute atomic E-state index is 5.85. The van der Waals surface area contributed by atoms with Crippen LogP contribution >= 0.6 is 0 Å². The molecule has 0 atom stereocenters. The molecule has 1 fully saturated rings. The fraction of sp³-hybridized carbons (Fsp3) is 0.600. The first kappa shape index (κ1) is 10.2. The first-order valence-electron chi connectivity index (χ1n) is 5.17. The van der Waals surface area contributed by atoms with Gasteiger partial charge in [0, 0.05) is 25.2 Å². The number of hydrogen-bond acceptors (Lipinski definition) is 5. The number of ether oxygens (including phenoxy) is 1. The van der Waals surface area contributed by atoms with Gasteiger partial charge >= 0.3 is 0 Å². The third-order valence-electron chi connectivity index (χ3n) is 2.73. The summed E-state index contributed by atoms with van der Waals surface area (Å²) in [6, 6.07) is 2.25. The zero-order valence-corrected chi connectivity index (χ0v) is 8.89. The van der Waals surface area contributed by atoms with Gasteiger partial charge in [0.2, 0.25) is 5.88 Å². The minimum atomic E-state index is 0.345. The Morgan fingerprint density at radius 1 is 1.47 bits per heavy atom. The minimum absolute atomic E-state index is 0.345. The average Bonchev–Trinajstić information content (AvgIpc) is 2.30. The number of aromatic nitrogens is 2. The Balaban J connectivity index is 2.08. The third-order valence-corrected chi connectivity index (χ3v) is 2.73. The van der Waals surface area contributed by atoms with E-state index in [1.807, 2.05) is 6.07 Å². The molecule has 0 unspecified atom stereocenters. The molecule has 82 valence electrons. The van der Waals surface area contributed by atoms with Crippen LogP contribution in [0, 0.1) is 0 Å². The summed E-state index contributed by atoms with van der Waals surface area (Å²) >= 11 is 0. The van der Waals surface area contributed by atoms with Crippen LogP contribution in [0.15, 0.2) is 12.3 Å². The van der Waals surface area contributed by atoms with E-state index in [0.717, 1.165) is 31.6 Å². The second kappa shape index (κ2) is 4.44. The van der Waals surface area contributed by atoms with Crippen LogP contribution in [-0.4, -0.2) is 36.4 Å². The SMILES string of the molecule is COc1cc(N2CCC(N)CC2)cnn1. The van der Waals surface area contributed by atoms with E-state index in [1.165, 1.54) is 0 Å². The summed E-state index contributed by atoms with van der Waals surface area (Å²) in [4.78, 5) is 2.26. The molecule has 0 spiro atoms. The zero-order chi connectivity index (χ0) is 10.7. The molecular formula is C10H16N4O. The number of piperidine rings is 1. The van der Waals surface area contributed by atoms with E-state index in [2.05, 4.69) is 15.1 Å². The quantitative estimate of drug-likeness (QED) is 0.762. The number of rotatable bonds is 2. The summed E-state index contributed by atoms with van der Waals surface area (Å²) in [6.45, 7) is 1.96. The molecule has 1 aromatic rings. The minimum Gasteiger partial charge on any atom is -0.480 e. The molecule has 5 heteroatoms. The lowest BCUT2D eigenvalue weighted by Crippen LogP contribution is -2.39. The molecule has 0 aliphatic carbocycles. The summed E-state index contributed by atoms with van der Waals surface area (Å²) in [6.07, 6.45) is 3.83. The fourth-order valence-electron chi connectivity index (χ4n) is 1.77. The summed E-state index contributed by atoms with van der Waals surface area (Å²) < 4.78 is 5.04. The molecule has 5 nitrogen and oxygen atoms in total. The first-order chi connectivity index (χ1) is 7.29. The van der Waals surface area contributed by atoms with Crippen LogP contribution < -0.4 is 15.4 Å². The molecule has 1 saturated heterocycles. The summed E-state index contributed by atoms with van der Waals surface area (Å²) in [5.74, 6) is 0.558. The maximum Gasteiger partial charge on any atom is 0.235 e. The number of nitrogens with zero attached hydrogens (tertiary/aromatic N) is 3. The van der Waals surface area contributed by atoms with E-state index in [-0.39, 0.29) is 0 Å². The molecule has 0 saturated carbocycles. The van der Waals surface area contributed by atoms with Crippen LogP contribution in [-0.2, 0) is 0 Å². The average molecular weight is 208 g/mol. The topological polar surface area (TPSA) is 64.3 Å². The van der Waals surface area contributed by atoms with Gasteiger partial charge in [-0.15, -0.1) is 5.10 Å². The Labute approximate surface area is 89.2 Å². The Hall–Kier alpha value is -1.36. The largest absolute Gasteiger partial charge is 0.480 e. The molecule has 2 N–H and O–H groups in total. The monoisotopic (exact) mass is 208 g/mol. The van der Waals surface area contributed by atoms with Gasteiger partial charge in [-0.2, -0.15) is 5.10 Å². The van der Waals surface area contributed by atoms with E-state index < -0.39 is 0 Å². The fourth-order valence-corrected chi connectivity index (χ4v) is 1.77. The van der Waals surface area contributed by atoms with Crippen molar-refractivity contribution >= 4 is 5.69 Å². The van der Waals surface area contributed by atoms with E-state index in [9.17, 15) is 0 Å². The number of hydrogen-bond donors (Lipinski definition) is 1. The molecule has 0 bridgehead atoms. The van der Waals surface area contributed by atoms with Crippen molar-refractivity contribution < 1.29 is 4.74 Å². The molecule has 2 rings (SSSR count). The molecule has 15 heavy (non-hydrogen) atoms. The van der Waals surface area contributed by atoms with Gasteiger partial charge in [-0.05, 0) is 12.8 Å². The predicted octanol–water partition coefficient (Wildman–Crippen LogP) is 0.413. The maximum atomic E-state index is 5.85. The molecule has 1 aliphatic heterocycles. The van der Waals surface area contributed by atoms with Crippen molar-refractivity contribution in [2.75, 3.05) is 25.1 Å². The highest BCUT2D eigenvalue weighted by atomic mass is 16.5. The van der Waals surface area contributed by atoms with E-state index in [1.54, 1.807) is 13.3 Å². The second-order valence-corrected chi connectivity index (χ2v) is 3.78. The highest BCUT2D eigenvalue weighted by Gasteiger charge is 2.16. The van der Waals surface area contributed by atoms with Crippen LogP contribution in [0.4, 0.5) is 5.69 Å². The van der Waals surface area contributed by atoms with Crippen molar-refractivity contribution in [2.45, 2.75) is 18.9 Å². The third kappa shape index (κ3) is 2.36. The van der Waals surface area contributed by atoms with Gasteiger partial charge in [-0.25, -0.2) is 0 Å². The number of nitrogens with two attached hydrogens (primary N) is 1. The second-order valence-electron chi connectivity index (χ2n) is 3.78. The van der Waals surface area contributed by atoms with Crippen molar-refractivity contribution in [3.63, 3.8) is 0 Å². The highest BCUT2D eigenvalue weighted by Crippen LogP contribution is 2.20. The number of anilines is 1. The van der Waals surface area contributed by atoms with E-state index >= 15 is 0 Å². The van der Waals surface area contributed by atoms with Crippen LogP contribution in [0.1, 0.15) is 12.8 Å². The van der Waals surface area contributed by atoms with Gasteiger partial charge in [0.15, 0.2) is 0 Å². The normalized spacial score (nSPS) is 17.9. The summed E-state index contributed by atoms with van der Waals surface area (Å²) in [5.41, 5.74) is 6.92. The van der Waals surface area contributed by atoms with Crippen molar-refractivity contribution in [3.8, 4) is 5.88 Å². The molecule has 0 aromatic carbocycles. The Morgan fingerprint density at radius 2 is 2.20 bits per heavy atom. The molecule has 0 radical (unpaired) electrons. The standard InChI is InChI=1S/C10H16N4O/c1-15-10-6-9(7-12-13-10)14-4-2-8(11)3-5-14/h6-8H,2-5,11H2,1H3. The van der Waals surface area contributed by atoms with E-state index in [4.69, 9.17) is 10.5 Å². The lowest BCUT2D eigenvalue weighted by molar-refractivity contribution is 0.391. The van der Waals surface area contributed by atoms with Crippen molar-refractivity contribution in [1.29, 1.82) is 0 Å². The van der Waals surface area contributed by atoms with Gasteiger partial charge in [-0.3, -0.25) is 0 Å². The lowest BCUT2D eigenvalue weighted by atomic mass is 10.1. The first-order valence-corrected chi connectivity index (χ1v) is 5.17. The van der Waals surface area contributed by atoms with Gasteiger partial charge in [0.1, 0.15) is 0 Å². The lowest BCUT2D eigenvalue weighted by Gasteiger charge is -2.31. The predicted molar refractivity (Wildman–Crippen MR) is 58.0 cm³/mol. The van der Waals surface area contributed by atoms with Crippen LogP contribution in [0.2, 0.25) is 0 Å². The number of methoxy groups -OCH3 is 1. The zero-order valence-electron chi connectivity index (χ0n) is 8.89. The van der Waals surface area contributed by atoms with Gasteiger partial charge in [0.25, 0.3) is 0 Å².